The predicted molar refractivity (Wildman–Crippen MR) is 108 cm³/mol. The van der Waals surface area contributed by atoms with Gasteiger partial charge in [0.05, 0.1) is 29.2 Å². The molecule has 148 valence electrons. The standard InChI is InChI=1S/C21H16ClN7O/c1-13(19-26-12-27-29(19)18-6-14(10-23)2-5-25-18)28-20(30)15-7-16(9-17(22)8-15)21(11-24)3-4-21/h2,5-9,12-13H,3-4H2,1H3,(H,28,30)/t13-/m0/s1. The third-order valence-electron chi connectivity index (χ3n) is 5.08. The number of carbonyl (C=O) groups excluding carboxylic acids is 1. The Hall–Kier alpha value is -3.75. The molecule has 1 amide bonds. The van der Waals surface area contributed by atoms with Crippen LogP contribution in [0, 0.1) is 22.7 Å². The van der Waals surface area contributed by atoms with Crippen molar-refractivity contribution < 1.29 is 4.79 Å². The van der Waals surface area contributed by atoms with Gasteiger partial charge in [0.2, 0.25) is 0 Å². The molecule has 0 radical (unpaired) electrons. The molecule has 3 aromatic rings. The summed E-state index contributed by atoms with van der Waals surface area (Å²) < 4.78 is 1.48. The van der Waals surface area contributed by atoms with Gasteiger partial charge in [-0.3, -0.25) is 4.79 Å². The van der Waals surface area contributed by atoms with Crippen molar-refractivity contribution in [2.24, 2.45) is 0 Å². The van der Waals surface area contributed by atoms with Crippen LogP contribution in [0.2, 0.25) is 5.02 Å². The zero-order valence-electron chi connectivity index (χ0n) is 16.0. The van der Waals surface area contributed by atoms with Gasteiger partial charge in [-0.15, -0.1) is 0 Å². The van der Waals surface area contributed by atoms with Crippen LogP contribution in [0.4, 0.5) is 0 Å². The summed E-state index contributed by atoms with van der Waals surface area (Å²) in [5.41, 5.74) is 1.04. The van der Waals surface area contributed by atoms with E-state index in [4.69, 9.17) is 16.9 Å². The summed E-state index contributed by atoms with van der Waals surface area (Å²) in [7, 11) is 0. The normalized spacial score (nSPS) is 14.9. The van der Waals surface area contributed by atoms with Crippen molar-refractivity contribution in [1.29, 1.82) is 10.5 Å². The van der Waals surface area contributed by atoms with E-state index in [-0.39, 0.29) is 5.91 Å². The first-order valence-electron chi connectivity index (χ1n) is 9.25. The van der Waals surface area contributed by atoms with Crippen molar-refractivity contribution in [1.82, 2.24) is 25.1 Å². The topological polar surface area (TPSA) is 120 Å². The lowest BCUT2D eigenvalue weighted by molar-refractivity contribution is 0.0937. The monoisotopic (exact) mass is 417 g/mol. The summed E-state index contributed by atoms with van der Waals surface area (Å²) in [4.78, 5) is 21.3. The molecule has 1 aliphatic carbocycles. The van der Waals surface area contributed by atoms with E-state index in [2.05, 4.69) is 32.5 Å². The Bertz CT molecular complexity index is 1220. The number of amides is 1. The van der Waals surface area contributed by atoms with Gasteiger partial charge >= 0.3 is 0 Å². The van der Waals surface area contributed by atoms with E-state index >= 15 is 0 Å². The quantitative estimate of drug-likeness (QED) is 0.680. The molecule has 2 aromatic heterocycles. The minimum atomic E-state index is -0.539. The Morgan fingerprint density at radius 2 is 2.07 bits per heavy atom. The Morgan fingerprint density at radius 3 is 2.77 bits per heavy atom. The number of halogens is 1. The van der Waals surface area contributed by atoms with Crippen molar-refractivity contribution in [3.05, 3.63) is 70.4 Å². The number of nitrogens with zero attached hydrogens (tertiary/aromatic N) is 6. The Balaban J connectivity index is 1.58. The average Bonchev–Trinajstić information content (AvgIpc) is 3.41. The number of carbonyl (C=O) groups is 1. The Labute approximate surface area is 177 Å². The van der Waals surface area contributed by atoms with Crippen LogP contribution < -0.4 is 5.32 Å². The van der Waals surface area contributed by atoms with E-state index in [1.807, 2.05) is 0 Å². The van der Waals surface area contributed by atoms with Gasteiger partial charge in [-0.05, 0) is 49.6 Å². The largest absolute Gasteiger partial charge is 0.342 e. The molecule has 2 heterocycles. The highest BCUT2D eigenvalue weighted by Gasteiger charge is 2.45. The molecule has 4 rings (SSSR count). The van der Waals surface area contributed by atoms with E-state index in [0.717, 1.165) is 18.4 Å². The first-order chi connectivity index (χ1) is 14.5. The maximum Gasteiger partial charge on any atom is 0.251 e. The van der Waals surface area contributed by atoms with Gasteiger partial charge in [-0.25, -0.2) is 9.97 Å². The van der Waals surface area contributed by atoms with Crippen LogP contribution in [0.3, 0.4) is 0 Å². The van der Waals surface area contributed by atoms with E-state index in [0.29, 0.717) is 27.8 Å². The summed E-state index contributed by atoms with van der Waals surface area (Å²) in [6.07, 6.45) is 4.40. The Kier molecular flexibility index (Phi) is 4.94. The first kappa shape index (κ1) is 19.6. The van der Waals surface area contributed by atoms with Crippen LogP contribution in [0.5, 0.6) is 0 Å². The second kappa shape index (κ2) is 7.58. The highest BCUT2D eigenvalue weighted by Crippen LogP contribution is 2.48. The lowest BCUT2D eigenvalue weighted by Crippen LogP contribution is -2.29. The molecule has 0 spiro atoms. The van der Waals surface area contributed by atoms with Crippen LogP contribution >= 0.6 is 11.6 Å². The zero-order chi connectivity index (χ0) is 21.3. The molecule has 0 unspecified atom stereocenters. The van der Waals surface area contributed by atoms with Crippen LogP contribution in [0.15, 0.2) is 42.9 Å². The van der Waals surface area contributed by atoms with E-state index in [9.17, 15) is 10.1 Å². The number of nitrogens with one attached hydrogen (secondary N) is 1. The minimum Gasteiger partial charge on any atom is -0.342 e. The number of aromatic nitrogens is 4. The molecule has 1 aromatic carbocycles. The van der Waals surface area contributed by atoms with Crippen LogP contribution in [0.25, 0.3) is 5.82 Å². The van der Waals surface area contributed by atoms with Crippen molar-refractivity contribution >= 4 is 17.5 Å². The molecule has 1 saturated carbocycles. The van der Waals surface area contributed by atoms with Crippen molar-refractivity contribution in [3.63, 3.8) is 0 Å². The molecule has 1 N–H and O–H groups in total. The first-order valence-corrected chi connectivity index (χ1v) is 9.63. The maximum atomic E-state index is 12.9. The van der Waals surface area contributed by atoms with Gasteiger partial charge in [0.1, 0.15) is 6.33 Å². The van der Waals surface area contributed by atoms with Gasteiger partial charge in [0.15, 0.2) is 11.6 Å². The summed E-state index contributed by atoms with van der Waals surface area (Å²) in [5.74, 6) is 0.551. The molecular formula is C21H16ClN7O. The molecule has 1 fully saturated rings. The second-order valence-corrected chi connectivity index (χ2v) is 7.60. The van der Waals surface area contributed by atoms with Crippen molar-refractivity contribution in [2.75, 3.05) is 0 Å². The lowest BCUT2D eigenvalue weighted by atomic mass is 9.95. The third kappa shape index (κ3) is 3.61. The second-order valence-electron chi connectivity index (χ2n) is 7.16. The average molecular weight is 418 g/mol. The molecule has 0 saturated heterocycles. The van der Waals surface area contributed by atoms with E-state index in [1.165, 1.54) is 17.2 Å². The molecule has 8 nitrogen and oxygen atoms in total. The van der Waals surface area contributed by atoms with Gasteiger partial charge in [-0.1, -0.05) is 11.6 Å². The van der Waals surface area contributed by atoms with Crippen molar-refractivity contribution in [2.45, 2.75) is 31.2 Å². The molecule has 1 atom stereocenters. The summed E-state index contributed by atoms with van der Waals surface area (Å²) in [6, 6.07) is 12.1. The van der Waals surface area contributed by atoms with Gasteiger partial charge in [0.25, 0.3) is 5.91 Å². The number of pyridine rings is 1. The molecule has 9 heteroatoms. The van der Waals surface area contributed by atoms with Gasteiger partial charge in [0, 0.05) is 22.8 Å². The van der Waals surface area contributed by atoms with Gasteiger partial charge in [-0.2, -0.15) is 20.3 Å². The van der Waals surface area contributed by atoms with Crippen LogP contribution in [-0.4, -0.2) is 25.7 Å². The third-order valence-corrected chi connectivity index (χ3v) is 5.30. The highest BCUT2D eigenvalue weighted by atomic mass is 35.5. The lowest BCUT2D eigenvalue weighted by Gasteiger charge is -2.15. The number of nitriles is 2. The number of benzene rings is 1. The van der Waals surface area contributed by atoms with Gasteiger partial charge < -0.3 is 5.32 Å². The molecular weight excluding hydrogens is 402 g/mol. The van der Waals surface area contributed by atoms with E-state index in [1.54, 1.807) is 37.3 Å². The summed E-state index contributed by atoms with van der Waals surface area (Å²) in [5, 5.41) is 26.0. The van der Waals surface area contributed by atoms with Crippen LogP contribution in [0.1, 0.15) is 53.1 Å². The number of rotatable bonds is 5. The SMILES string of the molecule is C[C@H](NC(=O)c1cc(Cl)cc(C2(C#N)CC2)c1)c1ncnn1-c1cc(C#N)ccn1. The van der Waals surface area contributed by atoms with E-state index < -0.39 is 11.5 Å². The molecule has 0 bridgehead atoms. The number of hydrogen-bond donors (Lipinski definition) is 1. The summed E-state index contributed by atoms with van der Waals surface area (Å²) >= 11 is 6.20. The smallest absolute Gasteiger partial charge is 0.251 e. The molecule has 1 aliphatic rings. The molecule has 0 aliphatic heterocycles. The van der Waals surface area contributed by atoms with Crippen molar-refractivity contribution in [3.8, 4) is 18.0 Å². The summed E-state index contributed by atoms with van der Waals surface area (Å²) in [6.45, 7) is 1.77. The number of hydrogen-bond acceptors (Lipinski definition) is 6. The predicted octanol–water partition coefficient (Wildman–Crippen LogP) is 3.23. The maximum absolute atomic E-state index is 12.9. The fourth-order valence-corrected chi connectivity index (χ4v) is 3.49. The fraction of sp³-hybridized carbons (Fsp3) is 0.238. The zero-order valence-corrected chi connectivity index (χ0v) is 16.8. The fourth-order valence-electron chi connectivity index (χ4n) is 3.26. The minimum absolute atomic E-state index is 0.340. The highest BCUT2D eigenvalue weighted by molar-refractivity contribution is 6.31. The Morgan fingerprint density at radius 1 is 1.27 bits per heavy atom. The van der Waals surface area contributed by atoms with Crippen LogP contribution in [-0.2, 0) is 5.41 Å². The molecule has 30 heavy (non-hydrogen) atoms.